The monoisotopic (exact) mass is 394 g/mol. The molecule has 2 aromatic rings. The number of nitrogens with one attached hydrogen (secondary N) is 1. The largest absolute Gasteiger partial charge is 0.350 e. The van der Waals surface area contributed by atoms with Gasteiger partial charge in [0.25, 0.3) is 5.91 Å². The van der Waals surface area contributed by atoms with E-state index < -0.39 is 0 Å². The molecule has 5 nitrogen and oxygen atoms in total. The summed E-state index contributed by atoms with van der Waals surface area (Å²) in [6.45, 7) is 9.97. The first kappa shape index (κ1) is 21.5. The van der Waals surface area contributed by atoms with E-state index in [1.165, 1.54) is 11.1 Å². The molecule has 0 radical (unpaired) electrons. The van der Waals surface area contributed by atoms with E-state index >= 15 is 0 Å². The van der Waals surface area contributed by atoms with Gasteiger partial charge in [-0.15, -0.1) is 0 Å². The van der Waals surface area contributed by atoms with Gasteiger partial charge in [0.05, 0.1) is 0 Å². The third-order valence-corrected chi connectivity index (χ3v) is 5.71. The predicted molar refractivity (Wildman–Crippen MR) is 119 cm³/mol. The first-order chi connectivity index (χ1) is 13.9. The maximum Gasteiger partial charge on any atom is 0.251 e. The molecule has 1 aliphatic rings. The molecule has 1 aliphatic heterocycles. The van der Waals surface area contributed by atoms with E-state index in [4.69, 9.17) is 5.73 Å². The SMILES string of the molecule is CC(C)c1ccc(C(N)CNC(=O)c2cccc(CN3CCN(C)CC3)c2)cc1. The van der Waals surface area contributed by atoms with Crippen molar-refractivity contribution >= 4 is 5.91 Å². The number of carbonyl (C=O) groups excluding carboxylic acids is 1. The molecule has 1 heterocycles. The van der Waals surface area contributed by atoms with Gasteiger partial charge in [0.1, 0.15) is 0 Å². The molecule has 3 rings (SSSR count). The summed E-state index contributed by atoms with van der Waals surface area (Å²) in [5.74, 6) is 0.428. The van der Waals surface area contributed by atoms with E-state index in [0.717, 1.165) is 38.3 Å². The smallest absolute Gasteiger partial charge is 0.251 e. The second kappa shape index (κ2) is 10.0. The van der Waals surface area contributed by atoms with Crippen LogP contribution >= 0.6 is 0 Å². The number of hydrogen-bond acceptors (Lipinski definition) is 4. The van der Waals surface area contributed by atoms with Crippen molar-refractivity contribution in [1.82, 2.24) is 15.1 Å². The van der Waals surface area contributed by atoms with Gasteiger partial charge in [-0.05, 0) is 41.8 Å². The van der Waals surface area contributed by atoms with Crippen LogP contribution in [0.15, 0.2) is 48.5 Å². The molecule has 29 heavy (non-hydrogen) atoms. The molecule has 1 unspecified atom stereocenters. The van der Waals surface area contributed by atoms with Crippen molar-refractivity contribution in [3.8, 4) is 0 Å². The number of likely N-dealkylation sites (N-methyl/N-ethyl adjacent to an activating group) is 1. The molecule has 0 saturated carbocycles. The zero-order valence-corrected chi connectivity index (χ0v) is 17.9. The number of benzene rings is 2. The fourth-order valence-electron chi connectivity index (χ4n) is 3.63. The Balaban J connectivity index is 1.53. The molecule has 0 aliphatic carbocycles. The molecule has 156 valence electrons. The average molecular weight is 395 g/mol. The lowest BCUT2D eigenvalue weighted by molar-refractivity contribution is 0.0951. The molecule has 1 fully saturated rings. The van der Waals surface area contributed by atoms with Crippen LogP contribution < -0.4 is 11.1 Å². The van der Waals surface area contributed by atoms with Gasteiger partial charge in [-0.1, -0.05) is 50.2 Å². The van der Waals surface area contributed by atoms with E-state index in [1.807, 2.05) is 18.2 Å². The van der Waals surface area contributed by atoms with Gasteiger partial charge in [-0.2, -0.15) is 0 Å². The molecular weight excluding hydrogens is 360 g/mol. The van der Waals surface area contributed by atoms with Crippen LogP contribution in [0.2, 0.25) is 0 Å². The van der Waals surface area contributed by atoms with Gasteiger partial charge in [0.15, 0.2) is 0 Å². The van der Waals surface area contributed by atoms with Crippen LogP contribution in [-0.2, 0) is 6.54 Å². The van der Waals surface area contributed by atoms with Crippen LogP contribution in [0.5, 0.6) is 0 Å². The number of piperazine rings is 1. The Morgan fingerprint density at radius 3 is 2.34 bits per heavy atom. The summed E-state index contributed by atoms with van der Waals surface area (Å²) in [6.07, 6.45) is 0. The number of rotatable bonds is 7. The van der Waals surface area contributed by atoms with E-state index in [1.54, 1.807) is 0 Å². The highest BCUT2D eigenvalue weighted by atomic mass is 16.1. The van der Waals surface area contributed by atoms with Crippen LogP contribution in [0.1, 0.15) is 52.9 Å². The lowest BCUT2D eigenvalue weighted by Crippen LogP contribution is -2.43. The molecule has 0 aromatic heterocycles. The van der Waals surface area contributed by atoms with Crippen molar-refractivity contribution in [3.63, 3.8) is 0 Å². The molecular formula is C24H34N4O. The summed E-state index contributed by atoms with van der Waals surface area (Å²) in [5, 5.41) is 2.99. The van der Waals surface area contributed by atoms with Gasteiger partial charge in [0, 0.05) is 50.9 Å². The lowest BCUT2D eigenvalue weighted by atomic mass is 9.99. The first-order valence-electron chi connectivity index (χ1n) is 10.6. The Hall–Kier alpha value is -2.21. The van der Waals surface area contributed by atoms with E-state index in [2.05, 4.69) is 66.3 Å². The molecule has 1 saturated heterocycles. The standard InChI is InChI=1S/C24H34N4O/c1-18(2)20-7-9-21(10-8-20)23(25)16-26-24(29)22-6-4-5-19(15-22)17-28-13-11-27(3)12-14-28/h4-10,15,18,23H,11-14,16-17,25H2,1-3H3,(H,26,29). The van der Waals surface area contributed by atoms with Gasteiger partial charge >= 0.3 is 0 Å². The van der Waals surface area contributed by atoms with Crippen molar-refractivity contribution in [2.24, 2.45) is 5.73 Å². The zero-order valence-electron chi connectivity index (χ0n) is 17.9. The highest BCUT2D eigenvalue weighted by Gasteiger charge is 2.15. The maximum atomic E-state index is 12.6. The highest BCUT2D eigenvalue weighted by molar-refractivity contribution is 5.94. The van der Waals surface area contributed by atoms with Gasteiger partial charge in [0.2, 0.25) is 0 Å². The lowest BCUT2D eigenvalue weighted by Gasteiger charge is -2.32. The molecule has 3 N–H and O–H groups in total. The number of carbonyl (C=O) groups is 1. The Kier molecular flexibility index (Phi) is 7.42. The summed E-state index contributed by atoms with van der Waals surface area (Å²) < 4.78 is 0. The quantitative estimate of drug-likeness (QED) is 0.758. The molecule has 1 atom stereocenters. The topological polar surface area (TPSA) is 61.6 Å². The zero-order chi connectivity index (χ0) is 20.8. The van der Waals surface area contributed by atoms with E-state index in [9.17, 15) is 4.79 Å². The van der Waals surface area contributed by atoms with Gasteiger partial charge in [-0.3, -0.25) is 9.69 Å². The Morgan fingerprint density at radius 2 is 1.69 bits per heavy atom. The second-order valence-corrected chi connectivity index (χ2v) is 8.42. The third kappa shape index (κ3) is 6.13. The van der Waals surface area contributed by atoms with Crippen LogP contribution in [-0.4, -0.2) is 55.5 Å². The van der Waals surface area contributed by atoms with Gasteiger partial charge in [-0.25, -0.2) is 0 Å². The molecule has 0 bridgehead atoms. The molecule has 2 aromatic carbocycles. The van der Waals surface area contributed by atoms with Crippen LogP contribution in [0.25, 0.3) is 0 Å². The molecule has 1 amide bonds. The summed E-state index contributed by atoms with van der Waals surface area (Å²) in [7, 11) is 2.16. The predicted octanol–water partition coefficient (Wildman–Crippen LogP) is 2.99. The van der Waals surface area contributed by atoms with Crippen LogP contribution in [0.3, 0.4) is 0 Å². The summed E-state index contributed by atoms with van der Waals surface area (Å²) in [6, 6.07) is 16.1. The molecule has 5 heteroatoms. The maximum absolute atomic E-state index is 12.6. The van der Waals surface area contributed by atoms with Crippen LogP contribution in [0.4, 0.5) is 0 Å². The number of nitrogens with two attached hydrogens (primary N) is 1. The fraction of sp³-hybridized carbons (Fsp3) is 0.458. The Morgan fingerprint density at radius 1 is 1.03 bits per heavy atom. The highest BCUT2D eigenvalue weighted by Crippen LogP contribution is 2.17. The minimum Gasteiger partial charge on any atom is -0.350 e. The minimum absolute atomic E-state index is 0.0699. The third-order valence-electron chi connectivity index (χ3n) is 5.71. The number of nitrogens with zero attached hydrogens (tertiary/aromatic N) is 2. The van der Waals surface area contributed by atoms with E-state index in [-0.39, 0.29) is 11.9 Å². The first-order valence-corrected chi connectivity index (χ1v) is 10.6. The van der Waals surface area contributed by atoms with Crippen molar-refractivity contribution in [1.29, 1.82) is 0 Å². The van der Waals surface area contributed by atoms with Crippen molar-refractivity contribution in [2.45, 2.75) is 32.4 Å². The molecule has 0 spiro atoms. The summed E-state index contributed by atoms with van der Waals surface area (Å²) in [5.41, 5.74) is 10.5. The number of amides is 1. The summed E-state index contributed by atoms with van der Waals surface area (Å²) >= 11 is 0. The Labute approximate surface area is 174 Å². The fourth-order valence-corrected chi connectivity index (χ4v) is 3.63. The van der Waals surface area contributed by atoms with E-state index in [0.29, 0.717) is 18.0 Å². The normalized spacial score (nSPS) is 16.7. The van der Waals surface area contributed by atoms with Crippen LogP contribution in [0, 0.1) is 0 Å². The van der Waals surface area contributed by atoms with Crippen molar-refractivity contribution < 1.29 is 4.79 Å². The minimum atomic E-state index is -0.214. The second-order valence-electron chi connectivity index (χ2n) is 8.42. The van der Waals surface area contributed by atoms with Gasteiger partial charge < -0.3 is 16.0 Å². The average Bonchev–Trinajstić information content (AvgIpc) is 2.73. The number of hydrogen-bond donors (Lipinski definition) is 2. The summed E-state index contributed by atoms with van der Waals surface area (Å²) in [4.78, 5) is 17.4. The Bertz CT molecular complexity index is 795. The van der Waals surface area contributed by atoms with Crippen molar-refractivity contribution in [2.75, 3.05) is 39.8 Å². The van der Waals surface area contributed by atoms with Crippen molar-refractivity contribution in [3.05, 3.63) is 70.8 Å².